The average molecular weight is 402 g/mol. The quantitative estimate of drug-likeness (QED) is 0.774. The number of nitrogens with one attached hydrogen (secondary N) is 1. The summed E-state index contributed by atoms with van der Waals surface area (Å²) in [6.07, 6.45) is 6.29. The maximum atomic E-state index is 12.9. The summed E-state index contributed by atoms with van der Waals surface area (Å²) in [5, 5.41) is 2.91. The van der Waals surface area contributed by atoms with E-state index in [1.165, 1.54) is 0 Å². The number of benzene rings is 1. The van der Waals surface area contributed by atoms with Crippen molar-refractivity contribution in [2.45, 2.75) is 44.0 Å². The molecule has 0 aliphatic carbocycles. The lowest BCUT2D eigenvalue weighted by Crippen LogP contribution is -2.40. The molecule has 6 nitrogen and oxygen atoms in total. The Kier molecular flexibility index (Phi) is 6.80. The van der Waals surface area contributed by atoms with Crippen molar-refractivity contribution in [2.24, 2.45) is 5.92 Å². The van der Waals surface area contributed by atoms with E-state index in [4.69, 9.17) is 0 Å². The fraction of sp³-hybridized carbons (Fsp3) is 0.429. The van der Waals surface area contributed by atoms with Crippen LogP contribution in [0.1, 0.15) is 36.8 Å². The van der Waals surface area contributed by atoms with E-state index in [0.29, 0.717) is 37.4 Å². The average Bonchev–Trinajstić information content (AvgIpc) is 2.72. The van der Waals surface area contributed by atoms with Crippen LogP contribution in [0.15, 0.2) is 53.7 Å². The van der Waals surface area contributed by atoms with Gasteiger partial charge in [0.25, 0.3) is 0 Å². The zero-order chi connectivity index (χ0) is 20.0. The largest absolute Gasteiger partial charge is 0.352 e. The SMILES string of the molecule is Cc1ccc(S(=O)(=O)N2CCCC(CCC(=O)NCc3ccncc3)C2)cc1. The summed E-state index contributed by atoms with van der Waals surface area (Å²) >= 11 is 0. The number of pyridine rings is 1. The van der Waals surface area contributed by atoms with Crippen molar-refractivity contribution < 1.29 is 13.2 Å². The molecule has 1 amide bonds. The molecule has 2 heterocycles. The summed E-state index contributed by atoms with van der Waals surface area (Å²) in [4.78, 5) is 16.4. The maximum Gasteiger partial charge on any atom is 0.243 e. The molecule has 2 aromatic rings. The number of sulfonamides is 1. The molecule has 1 N–H and O–H groups in total. The van der Waals surface area contributed by atoms with Crippen LogP contribution in [0.2, 0.25) is 0 Å². The molecular weight excluding hydrogens is 374 g/mol. The summed E-state index contributed by atoms with van der Waals surface area (Å²) in [5.41, 5.74) is 2.05. The van der Waals surface area contributed by atoms with Crippen molar-refractivity contribution >= 4 is 15.9 Å². The van der Waals surface area contributed by atoms with E-state index in [0.717, 1.165) is 24.0 Å². The summed E-state index contributed by atoms with van der Waals surface area (Å²) in [7, 11) is -3.47. The molecule has 1 unspecified atom stereocenters. The van der Waals surface area contributed by atoms with E-state index in [-0.39, 0.29) is 11.8 Å². The highest BCUT2D eigenvalue weighted by molar-refractivity contribution is 7.89. The molecule has 0 bridgehead atoms. The Balaban J connectivity index is 1.50. The summed E-state index contributed by atoms with van der Waals surface area (Å²) in [6.45, 7) is 3.45. The second-order valence-electron chi connectivity index (χ2n) is 7.36. The lowest BCUT2D eigenvalue weighted by atomic mass is 9.94. The van der Waals surface area contributed by atoms with E-state index >= 15 is 0 Å². The van der Waals surface area contributed by atoms with Gasteiger partial charge in [0.05, 0.1) is 4.90 Å². The maximum absolute atomic E-state index is 12.9. The molecule has 0 spiro atoms. The number of aryl methyl sites for hydroxylation is 1. The van der Waals surface area contributed by atoms with Gasteiger partial charge in [-0.1, -0.05) is 17.7 Å². The molecule has 28 heavy (non-hydrogen) atoms. The Morgan fingerprint density at radius 1 is 1.18 bits per heavy atom. The van der Waals surface area contributed by atoms with E-state index in [1.54, 1.807) is 28.8 Å². The number of aromatic nitrogens is 1. The zero-order valence-corrected chi connectivity index (χ0v) is 17.0. The normalized spacial score (nSPS) is 18.0. The van der Waals surface area contributed by atoms with Crippen LogP contribution in [0.5, 0.6) is 0 Å². The van der Waals surface area contributed by atoms with E-state index in [9.17, 15) is 13.2 Å². The standard InChI is InChI=1S/C21H27N3O3S/c1-17-4-7-20(8-5-17)28(26,27)24-14-2-3-19(16-24)6-9-21(25)23-15-18-10-12-22-13-11-18/h4-5,7-8,10-13,19H,2-3,6,9,14-16H2,1H3,(H,23,25). The minimum absolute atomic E-state index is 0.00433. The monoisotopic (exact) mass is 401 g/mol. The summed E-state index contributed by atoms with van der Waals surface area (Å²) < 4.78 is 27.3. The number of hydrogen-bond donors (Lipinski definition) is 1. The fourth-order valence-electron chi connectivity index (χ4n) is 3.47. The first kappa shape index (κ1) is 20.5. The number of carbonyl (C=O) groups excluding carboxylic acids is 1. The minimum Gasteiger partial charge on any atom is -0.352 e. The second kappa shape index (κ2) is 9.30. The summed E-state index contributed by atoms with van der Waals surface area (Å²) in [6, 6.07) is 10.7. The van der Waals surface area contributed by atoms with Crippen LogP contribution in [-0.4, -0.2) is 36.7 Å². The van der Waals surface area contributed by atoms with Gasteiger partial charge in [0.1, 0.15) is 0 Å². The molecule has 150 valence electrons. The van der Waals surface area contributed by atoms with Crippen LogP contribution in [0, 0.1) is 12.8 Å². The molecule has 1 aliphatic rings. The number of rotatable bonds is 7. The van der Waals surface area contributed by atoms with Crippen LogP contribution in [-0.2, 0) is 21.4 Å². The fourth-order valence-corrected chi connectivity index (χ4v) is 5.02. The molecule has 1 saturated heterocycles. The van der Waals surface area contributed by atoms with Gasteiger partial charge in [0, 0.05) is 38.4 Å². The van der Waals surface area contributed by atoms with Crippen LogP contribution < -0.4 is 5.32 Å². The number of hydrogen-bond acceptors (Lipinski definition) is 4. The Morgan fingerprint density at radius 2 is 1.89 bits per heavy atom. The number of piperidine rings is 1. The highest BCUT2D eigenvalue weighted by Gasteiger charge is 2.30. The third-order valence-corrected chi connectivity index (χ3v) is 7.04. The molecule has 1 aromatic carbocycles. The van der Waals surface area contributed by atoms with E-state index in [2.05, 4.69) is 10.3 Å². The number of carbonyl (C=O) groups is 1. The van der Waals surface area contributed by atoms with Crippen molar-refractivity contribution in [3.63, 3.8) is 0 Å². The van der Waals surface area contributed by atoms with Crippen molar-refractivity contribution in [1.82, 2.24) is 14.6 Å². The van der Waals surface area contributed by atoms with Gasteiger partial charge in [-0.25, -0.2) is 8.42 Å². The van der Waals surface area contributed by atoms with Crippen molar-refractivity contribution in [1.29, 1.82) is 0 Å². The molecule has 1 atom stereocenters. The van der Waals surface area contributed by atoms with Gasteiger partial charge in [0.2, 0.25) is 15.9 Å². The summed E-state index contributed by atoms with van der Waals surface area (Å²) in [5.74, 6) is 0.205. The van der Waals surface area contributed by atoms with Gasteiger partial charge in [0.15, 0.2) is 0 Å². The van der Waals surface area contributed by atoms with Crippen LogP contribution in [0.3, 0.4) is 0 Å². The van der Waals surface area contributed by atoms with E-state index in [1.807, 2.05) is 31.2 Å². The smallest absolute Gasteiger partial charge is 0.243 e. The van der Waals surface area contributed by atoms with Crippen molar-refractivity contribution in [3.8, 4) is 0 Å². The third-order valence-electron chi connectivity index (χ3n) is 5.16. The molecule has 7 heteroatoms. The Labute approximate surface area is 167 Å². The number of amides is 1. The molecule has 0 radical (unpaired) electrons. The van der Waals surface area contributed by atoms with Crippen LogP contribution in [0.25, 0.3) is 0 Å². The van der Waals surface area contributed by atoms with Crippen molar-refractivity contribution in [2.75, 3.05) is 13.1 Å². The highest BCUT2D eigenvalue weighted by Crippen LogP contribution is 2.26. The second-order valence-corrected chi connectivity index (χ2v) is 9.29. The highest BCUT2D eigenvalue weighted by atomic mass is 32.2. The van der Waals surface area contributed by atoms with Gasteiger partial charge >= 0.3 is 0 Å². The lowest BCUT2D eigenvalue weighted by molar-refractivity contribution is -0.121. The predicted molar refractivity (Wildman–Crippen MR) is 108 cm³/mol. The van der Waals surface area contributed by atoms with Crippen LogP contribution in [0.4, 0.5) is 0 Å². The predicted octanol–water partition coefficient (Wildman–Crippen LogP) is 2.89. The van der Waals surface area contributed by atoms with Gasteiger partial charge < -0.3 is 5.32 Å². The molecule has 1 aromatic heterocycles. The molecule has 1 fully saturated rings. The lowest BCUT2D eigenvalue weighted by Gasteiger charge is -2.32. The van der Waals surface area contributed by atoms with Crippen molar-refractivity contribution in [3.05, 3.63) is 59.9 Å². The molecule has 1 aliphatic heterocycles. The Hall–Kier alpha value is -2.25. The zero-order valence-electron chi connectivity index (χ0n) is 16.2. The molecule has 0 saturated carbocycles. The third kappa shape index (κ3) is 5.39. The number of nitrogens with zero attached hydrogens (tertiary/aromatic N) is 2. The van der Waals surface area contributed by atoms with Gasteiger partial charge in [-0.3, -0.25) is 9.78 Å². The van der Waals surface area contributed by atoms with Crippen LogP contribution >= 0.6 is 0 Å². The first-order valence-electron chi connectivity index (χ1n) is 9.67. The Bertz CT molecular complexity index is 883. The van der Waals surface area contributed by atoms with Gasteiger partial charge in [-0.15, -0.1) is 0 Å². The van der Waals surface area contributed by atoms with E-state index < -0.39 is 10.0 Å². The first-order valence-corrected chi connectivity index (χ1v) is 11.1. The van der Waals surface area contributed by atoms with Gasteiger partial charge in [-0.05, 0) is 61.9 Å². The Morgan fingerprint density at radius 3 is 2.61 bits per heavy atom. The first-order chi connectivity index (χ1) is 13.4. The van der Waals surface area contributed by atoms with Gasteiger partial charge in [-0.2, -0.15) is 4.31 Å². The minimum atomic E-state index is -3.47. The topological polar surface area (TPSA) is 79.4 Å². The molecule has 3 rings (SSSR count). The molecular formula is C21H27N3O3S.